The van der Waals surface area contributed by atoms with Crippen LogP contribution in [-0.2, 0) is 14.3 Å². The Hall–Kier alpha value is -1.10. The van der Waals surface area contributed by atoms with Crippen molar-refractivity contribution in [3.8, 4) is 0 Å². The van der Waals surface area contributed by atoms with Gasteiger partial charge in [-0.3, -0.25) is 4.79 Å². The van der Waals surface area contributed by atoms with Gasteiger partial charge in [0, 0.05) is 25.2 Å². The van der Waals surface area contributed by atoms with Gasteiger partial charge in [-0.15, -0.1) is 0 Å². The third-order valence-electron chi connectivity index (χ3n) is 5.20. The first-order valence-electron chi connectivity index (χ1n) is 7.81. The first-order valence-corrected chi connectivity index (χ1v) is 7.81. The molecule has 5 heteroatoms. The number of aliphatic carboxylic acids is 1. The number of nitrogens with zero attached hydrogens (tertiary/aromatic N) is 1. The fraction of sp³-hybridized carbons (Fsp3) is 0.867. The minimum atomic E-state index is -0.834. The molecule has 5 nitrogen and oxygen atoms in total. The maximum absolute atomic E-state index is 12.8. The largest absolute Gasteiger partial charge is 0.480 e. The molecule has 0 bridgehead atoms. The Kier molecular flexibility index (Phi) is 3.96. The highest BCUT2D eigenvalue weighted by molar-refractivity contribution is 5.86. The molecule has 112 valence electrons. The second-order valence-corrected chi connectivity index (χ2v) is 6.33. The van der Waals surface area contributed by atoms with Crippen LogP contribution < -0.4 is 0 Å². The molecule has 3 aliphatic rings. The molecule has 0 aromatic rings. The van der Waals surface area contributed by atoms with Crippen molar-refractivity contribution >= 4 is 11.9 Å². The number of rotatable bonds is 2. The molecule has 3 rings (SSSR count). The Labute approximate surface area is 119 Å². The monoisotopic (exact) mass is 281 g/mol. The van der Waals surface area contributed by atoms with E-state index in [9.17, 15) is 14.7 Å². The SMILES string of the molecule is O=C(O)[C@@H]1C[C@H]2CCCC[C@H]2N1C(=O)C1CCOCC1. The first-order chi connectivity index (χ1) is 9.68. The quantitative estimate of drug-likeness (QED) is 0.836. The van der Waals surface area contributed by atoms with Gasteiger partial charge in [0.25, 0.3) is 0 Å². The highest BCUT2D eigenvalue weighted by atomic mass is 16.5. The summed E-state index contributed by atoms with van der Waals surface area (Å²) >= 11 is 0. The second-order valence-electron chi connectivity index (χ2n) is 6.33. The van der Waals surface area contributed by atoms with E-state index in [1.807, 2.05) is 0 Å². The van der Waals surface area contributed by atoms with Gasteiger partial charge in [0.15, 0.2) is 0 Å². The summed E-state index contributed by atoms with van der Waals surface area (Å²) in [5.74, 6) is -0.408. The number of hydrogen-bond acceptors (Lipinski definition) is 3. The molecule has 2 aliphatic heterocycles. The van der Waals surface area contributed by atoms with Gasteiger partial charge in [-0.25, -0.2) is 4.79 Å². The lowest BCUT2D eigenvalue weighted by Gasteiger charge is -2.36. The van der Waals surface area contributed by atoms with Crippen molar-refractivity contribution in [3.63, 3.8) is 0 Å². The standard InChI is InChI=1S/C15H23NO4/c17-14(10-5-7-20-8-6-10)16-12-4-2-1-3-11(12)9-13(16)15(18)19/h10-13H,1-9H2,(H,18,19)/t11-,12-,13+/m1/s1. The van der Waals surface area contributed by atoms with Gasteiger partial charge in [-0.05, 0) is 38.0 Å². The maximum atomic E-state index is 12.8. The van der Waals surface area contributed by atoms with Crippen molar-refractivity contribution < 1.29 is 19.4 Å². The van der Waals surface area contributed by atoms with Crippen molar-refractivity contribution in [1.29, 1.82) is 0 Å². The number of carboxylic acid groups (broad SMARTS) is 1. The van der Waals surface area contributed by atoms with Crippen molar-refractivity contribution in [2.45, 2.75) is 57.0 Å². The number of ether oxygens (including phenoxy) is 1. The number of carbonyl (C=O) groups is 2. The molecule has 3 fully saturated rings. The molecule has 0 aromatic carbocycles. The molecule has 0 spiro atoms. The molecule has 1 amide bonds. The summed E-state index contributed by atoms with van der Waals surface area (Å²) in [5.41, 5.74) is 0. The van der Waals surface area contributed by atoms with E-state index < -0.39 is 12.0 Å². The Balaban J connectivity index is 1.79. The molecule has 3 atom stereocenters. The van der Waals surface area contributed by atoms with E-state index in [-0.39, 0.29) is 17.9 Å². The Morgan fingerprint density at radius 3 is 2.45 bits per heavy atom. The minimum Gasteiger partial charge on any atom is -0.480 e. The molecule has 2 heterocycles. The number of amides is 1. The summed E-state index contributed by atoms with van der Waals surface area (Å²) in [5, 5.41) is 9.46. The summed E-state index contributed by atoms with van der Waals surface area (Å²) in [4.78, 5) is 26.0. The summed E-state index contributed by atoms with van der Waals surface area (Å²) < 4.78 is 5.31. The van der Waals surface area contributed by atoms with Crippen LogP contribution in [0.5, 0.6) is 0 Å². The van der Waals surface area contributed by atoms with E-state index >= 15 is 0 Å². The van der Waals surface area contributed by atoms with Gasteiger partial charge in [0.1, 0.15) is 6.04 Å². The van der Waals surface area contributed by atoms with Crippen LogP contribution in [0.3, 0.4) is 0 Å². The third kappa shape index (κ3) is 2.43. The zero-order chi connectivity index (χ0) is 14.1. The Bertz CT molecular complexity index is 391. The van der Waals surface area contributed by atoms with E-state index in [0.29, 0.717) is 25.6 Å². The predicted octanol–water partition coefficient (Wildman–Crippen LogP) is 1.66. The third-order valence-corrected chi connectivity index (χ3v) is 5.20. The van der Waals surface area contributed by atoms with Crippen LogP contribution in [0.25, 0.3) is 0 Å². The fourth-order valence-electron chi connectivity index (χ4n) is 4.15. The first kappa shape index (κ1) is 13.9. The number of fused-ring (bicyclic) bond motifs is 1. The molecule has 2 saturated heterocycles. The predicted molar refractivity (Wildman–Crippen MR) is 72.2 cm³/mol. The molecular formula is C15H23NO4. The molecule has 0 unspecified atom stereocenters. The van der Waals surface area contributed by atoms with Gasteiger partial charge in [-0.1, -0.05) is 12.8 Å². The molecule has 1 saturated carbocycles. The maximum Gasteiger partial charge on any atom is 0.326 e. The lowest BCUT2D eigenvalue weighted by atomic mass is 9.84. The minimum absolute atomic E-state index is 0.0359. The van der Waals surface area contributed by atoms with Gasteiger partial charge in [0.05, 0.1) is 0 Å². The van der Waals surface area contributed by atoms with E-state index in [1.165, 1.54) is 6.42 Å². The number of likely N-dealkylation sites (tertiary alicyclic amines) is 1. The van der Waals surface area contributed by atoms with Crippen LogP contribution in [0.4, 0.5) is 0 Å². The highest BCUT2D eigenvalue weighted by Crippen LogP contribution is 2.41. The summed E-state index contributed by atoms with van der Waals surface area (Å²) in [6.45, 7) is 1.24. The van der Waals surface area contributed by atoms with Crippen molar-refractivity contribution in [1.82, 2.24) is 4.90 Å². The van der Waals surface area contributed by atoms with Crippen LogP contribution in [0, 0.1) is 11.8 Å². The lowest BCUT2D eigenvalue weighted by molar-refractivity contribution is -0.153. The Morgan fingerprint density at radius 2 is 1.75 bits per heavy atom. The molecule has 1 aliphatic carbocycles. The molecule has 1 N–H and O–H groups in total. The number of carboxylic acids is 1. The zero-order valence-corrected chi connectivity index (χ0v) is 11.8. The van der Waals surface area contributed by atoms with Crippen molar-refractivity contribution in [3.05, 3.63) is 0 Å². The van der Waals surface area contributed by atoms with Crippen LogP contribution in [0.1, 0.15) is 44.9 Å². The number of hydrogen-bond donors (Lipinski definition) is 1. The highest BCUT2D eigenvalue weighted by Gasteiger charge is 2.48. The van der Waals surface area contributed by atoms with Gasteiger partial charge in [-0.2, -0.15) is 0 Å². The molecule has 0 aromatic heterocycles. The lowest BCUT2D eigenvalue weighted by Crippen LogP contribution is -2.49. The average Bonchev–Trinajstić information content (AvgIpc) is 2.87. The van der Waals surface area contributed by atoms with Crippen LogP contribution in [0.15, 0.2) is 0 Å². The average molecular weight is 281 g/mol. The van der Waals surface area contributed by atoms with Crippen molar-refractivity contribution in [2.75, 3.05) is 13.2 Å². The van der Waals surface area contributed by atoms with E-state index in [4.69, 9.17) is 4.74 Å². The topological polar surface area (TPSA) is 66.8 Å². The fourth-order valence-corrected chi connectivity index (χ4v) is 4.15. The van der Waals surface area contributed by atoms with Crippen LogP contribution in [-0.4, -0.2) is 47.2 Å². The van der Waals surface area contributed by atoms with Gasteiger partial charge < -0.3 is 14.7 Å². The summed E-state index contributed by atoms with van der Waals surface area (Å²) in [6, 6.07) is -0.432. The van der Waals surface area contributed by atoms with Crippen LogP contribution in [0.2, 0.25) is 0 Å². The normalized spacial score (nSPS) is 34.8. The van der Waals surface area contributed by atoms with Gasteiger partial charge in [0.2, 0.25) is 5.91 Å². The smallest absolute Gasteiger partial charge is 0.326 e. The summed E-state index contributed by atoms with van der Waals surface area (Å²) in [6.07, 6.45) is 6.46. The number of carbonyl (C=O) groups excluding carboxylic acids is 1. The van der Waals surface area contributed by atoms with E-state index in [1.54, 1.807) is 4.90 Å². The van der Waals surface area contributed by atoms with Crippen LogP contribution >= 0.6 is 0 Å². The summed E-state index contributed by atoms with van der Waals surface area (Å²) in [7, 11) is 0. The molecular weight excluding hydrogens is 258 g/mol. The molecule has 0 radical (unpaired) electrons. The van der Waals surface area contributed by atoms with E-state index in [0.717, 1.165) is 32.1 Å². The molecule has 20 heavy (non-hydrogen) atoms. The van der Waals surface area contributed by atoms with Crippen molar-refractivity contribution in [2.24, 2.45) is 11.8 Å². The Morgan fingerprint density at radius 1 is 1.05 bits per heavy atom. The van der Waals surface area contributed by atoms with Gasteiger partial charge >= 0.3 is 5.97 Å². The van der Waals surface area contributed by atoms with E-state index in [2.05, 4.69) is 0 Å². The second kappa shape index (κ2) is 5.72. The zero-order valence-electron chi connectivity index (χ0n) is 11.8.